The molecule has 2 aromatic rings. The molecule has 0 bridgehead atoms. The molecule has 0 aromatic carbocycles. The zero-order valence-corrected chi connectivity index (χ0v) is 12.0. The van der Waals surface area contributed by atoms with E-state index in [2.05, 4.69) is 10.3 Å². The van der Waals surface area contributed by atoms with Gasteiger partial charge in [-0.25, -0.2) is 9.37 Å². The molecule has 1 N–H and O–H groups in total. The van der Waals surface area contributed by atoms with Crippen molar-refractivity contribution in [3.05, 3.63) is 36.0 Å². The van der Waals surface area contributed by atoms with E-state index >= 15 is 0 Å². The summed E-state index contributed by atoms with van der Waals surface area (Å²) in [4.78, 5) is 16.4. The Morgan fingerprint density at radius 3 is 2.90 bits per heavy atom. The van der Waals surface area contributed by atoms with Crippen molar-refractivity contribution < 1.29 is 9.18 Å². The van der Waals surface area contributed by atoms with E-state index in [0.717, 1.165) is 37.0 Å². The number of pyridine rings is 1. The molecular weight excluding hydrogens is 269 g/mol. The number of nitrogens with one attached hydrogen (secondary N) is 1. The lowest BCUT2D eigenvalue weighted by molar-refractivity contribution is -0.125. The minimum atomic E-state index is -0.281. The Kier molecular flexibility index (Phi) is 4.18. The van der Waals surface area contributed by atoms with Gasteiger partial charge in [0.2, 0.25) is 5.91 Å². The van der Waals surface area contributed by atoms with Crippen LogP contribution in [0.3, 0.4) is 0 Å². The highest BCUT2D eigenvalue weighted by Gasteiger charge is 2.20. The average Bonchev–Trinajstić information content (AvgIpc) is 2.89. The molecule has 1 fully saturated rings. The molecule has 4 nitrogen and oxygen atoms in total. The van der Waals surface area contributed by atoms with E-state index in [1.807, 2.05) is 6.20 Å². The zero-order chi connectivity index (χ0) is 14.7. The lowest BCUT2D eigenvalue weighted by Gasteiger charge is -2.20. The van der Waals surface area contributed by atoms with Crippen LogP contribution in [0, 0.1) is 11.7 Å². The molecule has 0 saturated heterocycles. The van der Waals surface area contributed by atoms with Crippen LogP contribution in [-0.2, 0) is 11.2 Å². The summed E-state index contributed by atoms with van der Waals surface area (Å²) < 4.78 is 14.8. The number of nitrogens with zero attached hydrogens (tertiary/aromatic N) is 2. The quantitative estimate of drug-likeness (QED) is 0.940. The Morgan fingerprint density at radius 1 is 1.29 bits per heavy atom. The predicted octanol–water partition coefficient (Wildman–Crippen LogP) is 2.71. The summed E-state index contributed by atoms with van der Waals surface area (Å²) in [7, 11) is 0. The molecule has 0 spiro atoms. The number of aromatic nitrogens is 2. The monoisotopic (exact) mass is 289 g/mol. The normalized spacial score (nSPS) is 16.2. The van der Waals surface area contributed by atoms with Crippen LogP contribution < -0.4 is 5.32 Å². The van der Waals surface area contributed by atoms with E-state index in [9.17, 15) is 9.18 Å². The molecule has 2 aromatic heterocycles. The van der Waals surface area contributed by atoms with E-state index in [-0.39, 0.29) is 17.6 Å². The van der Waals surface area contributed by atoms with Crippen LogP contribution in [-0.4, -0.2) is 21.8 Å². The van der Waals surface area contributed by atoms with Crippen molar-refractivity contribution in [1.82, 2.24) is 14.7 Å². The van der Waals surface area contributed by atoms with Crippen LogP contribution in [0.2, 0.25) is 0 Å². The first kappa shape index (κ1) is 14.0. The summed E-state index contributed by atoms with van der Waals surface area (Å²) in [5.74, 6) is 0.0791. The Hall–Kier alpha value is -1.91. The maximum absolute atomic E-state index is 13.1. The SMILES string of the molecule is O=C(NCCc1cn2cc(F)ccc2n1)C1CCCCC1. The highest BCUT2D eigenvalue weighted by molar-refractivity contribution is 5.78. The summed E-state index contributed by atoms with van der Waals surface area (Å²) in [6, 6.07) is 3.05. The van der Waals surface area contributed by atoms with Gasteiger partial charge < -0.3 is 9.72 Å². The van der Waals surface area contributed by atoms with Crippen LogP contribution >= 0.6 is 0 Å². The highest BCUT2D eigenvalue weighted by Crippen LogP contribution is 2.23. The van der Waals surface area contributed by atoms with E-state index in [1.165, 1.54) is 18.7 Å². The van der Waals surface area contributed by atoms with Gasteiger partial charge in [-0.05, 0) is 25.0 Å². The van der Waals surface area contributed by atoms with Crippen molar-refractivity contribution in [3.8, 4) is 0 Å². The Bertz CT molecular complexity index is 631. The molecule has 0 aliphatic heterocycles. The maximum atomic E-state index is 13.1. The first-order valence-corrected chi connectivity index (χ1v) is 7.63. The van der Waals surface area contributed by atoms with Gasteiger partial charge >= 0.3 is 0 Å². The minimum absolute atomic E-state index is 0.171. The van der Waals surface area contributed by atoms with E-state index in [4.69, 9.17) is 0 Å². The molecule has 1 amide bonds. The van der Waals surface area contributed by atoms with E-state index in [0.29, 0.717) is 13.0 Å². The Balaban J connectivity index is 1.53. The second kappa shape index (κ2) is 6.24. The Labute approximate surface area is 123 Å². The summed E-state index contributed by atoms with van der Waals surface area (Å²) in [6.45, 7) is 0.585. The molecule has 3 rings (SSSR count). The summed E-state index contributed by atoms with van der Waals surface area (Å²) >= 11 is 0. The van der Waals surface area contributed by atoms with Gasteiger partial charge in [0.1, 0.15) is 11.5 Å². The van der Waals surface area contributed by atoms with E-state index in [1.54, 1.807) is 10.5 Å². The number of amides is 1. The van der Waals surface area contributed by atoms with Crippen LogP contribution in [0.1, 0.15) is 37.8 Å². The number of hydrogen-bond acceptors (Lipinski definition) is 2. The van der Waals surface area contributed by atoms with Gasteiger partial charge in [-0.3, -0.25) is 4.79 Å². The first-order valence-electron chi connectivity index (χ1n) is 7.63. The second-order valence-electron chi connectivity index (χ2n) is 5.72. The van der Waals surface area contributed by atoms with Crippen molar-refractivity contribution >= 4 is 11.6 Å². The molecule has 1 aliphatic rings. The molecule has 0 atom stereocenters. The summed E-state index contributed by atoms with van der Waals surface area (Å²) in [6.07, 6.45) is 9.49. The molecule has 2 heterocycles. The van der Waals surface area contributed by atoms with Gasteiger partial charge in [-0.15, -0.1) is 0 Å². The van der Waals surface area contributed by atoms with Gasteiger partial charge in [0.15, 0.2) is 0 Å². The van der Waals surface area contributed by atoms with Gasteiger partial charge in [0.05, 0.1) is 5.69 Å². The van der Waals surface area contributed by atoms with Gasteiger partial charge in [0.25, 0.3) is 0 Å². The molecule has 112 valence electrons. The smallest absolute Gasteiger partial charge is 0.223 e. The Morgan fingerprint density at radius 2 is 2.10 bits per heavy atom. The second-order valence-corrected chi connectivity index (χ2v) is 5.72. The third-order valence-electron chi connectivity index (χ3n) is 4.12. The molecule has 21 heavy (non-hydrogen) atoms. The number of imidazole rings is 1. The molecule has 0 radical (unpaired) electrons. The van der Waals surface area contributed by atoms with Crippen LogP contribution in [0.4, 0.5) is 4.39 Å². The molecule has 1 aliphatic carbocycles. The predicted molar refractivity (Wildman–Crippen MR) is 78.4 cm³/mol. The van der Waals surface area contributed by atoms with E-state index < -0.39 is 0 Å². The number of carbonyl (C=O) groups excluding carboxylic acids is 1. The van der Waals surface area contributed by atoms with Crippen molar-refractivity contribution in [3.63, 3.8) is 0 Å². The van der Waals surface area contributed by atoms with Crippen molar-refractivity contribution in [1.29, 1.82) is 0 Å². The summed E-state index contributed by atoms with van der Waals surface area (Å²) in [5, 5.41) is 2.99. The third kappa shape index (κ3) is 3.40. The lowest BCUT2D eigenvalue weighted by atomic mass is 9.89. The van der Waals surface area contributed by atoms with Gasteiger partial charge in [0, 0.05) is 31.3 Å². The molecule has 5 heteroatoms. The van der Waals surface area contributed by atoms with Gasteiger partial charge in [-0.2, -0.15) is 0 Å². The third-order valence-corrected chi connectivity index (χ3v) is 4.12. The fraction of sp³-hybridized carbons (Fsp3) is 0.500. The lowest BCUT2D eigenvalue weighted by Crippen LogP contribution is -2.33. The van der Waals surface area contributed by atoms with Crippen LogP contribution in [0.15, 0.2) is 24.5 Å². The maximum Gasteiger partial charge on any atom is 0.223 e. The summed E-state index contributed by atoms with van der Waals surface area (Å²) in [5.41, 5.74) is 1.59. The van der Waals surface area contributed by atoms with Crippen molar-refractivity contribution in [2.45, 2.75) is 38.5 Å². The number of fused-ring (bicyclic) bond motifs is 1. The standard InChI is InChI=1S/C16H20FN3O/c17-13-6-7-15-19-14(11-20(15)10-13)8-9-18-16(21)12-4-2-1-3-5-12/h6-7,10-12H,1-5,8-9H2,(H,18,21). The number of rotatable bonds is 4. The van der Waals surface area contributed by atoms with Gasteiger partial charge in [-0.1, -0.05) is 19.3 Å². The minimum Gasteiger partial charge on any atom is -0.355 e. The molecule has 0 unspecified atom stereocenters. The number of halogens is 1. The van der Waals surface area contributed by atoms with Crippen LogP contribution in [0.25, 0.3) is 5.65 Å². The number of hydrogen-bond donors (Lipinski definition) is 1. The van der Waals surface area contributed by atoms with Crippen LogP contribution in [0.5, 0.6) is 0 Å². The first-order chi connectivity index (χ1) is 10.2. The fourth-order valence-electron chi connectivity index (χ4n) is 2.96. The largest absolute Gasteiger partial charge is 0.355 e. The average molecular weight is 289 g/mol. The molecular formula is C16H20FN3O. The zero-order valence-electron chi connectivity index (χ0n) is 12.0. The number of carbonyl (C=O) groups is 1. The molecule has 1 saturated carbocycles. The van der Waals surface area contributed by atoms with Crippen molar-refractivity contribution in [2.75, 3.05) is 6.54 Å². The van der Waals surface area contributed by atoms with Crippen molar-refractivity contribution in [2.24, 2.45) is 5.92 Å². The topological polar surface area (TPSA) is 46.4 Å². The highest BCUT2D eigenvalue weighted by atomic mass is 19.1. The fourth-order valence-corrected chi connectivity index (χ4v) is 2.96.